The molecule has 0 spiro atoms. The van der Waals surface area contributed by atoms with Crippen molar-refractivity contribution in [2.75, 3.05) is 33.8 Å². The van der Waals surface area contributed by atoms with E-state index in [1.165, 1.54) is 20.0 Å². The van der Waals surface area contributed by atoms with Gasteiger partial charge in [-0.15, -0.1) is 0 Å². The highest BCUT2D eigenvalue weighted by Crippen LogP contribution is 2.14. The Morgan fingerprint density at radius 1 is 1.45 bits per heavy atom. The summed E-state index contributed by atoms with van der Waals surface area (Å²) in [6.07, 6.45) is 2.47. The zero-order valence-corrected chi connectivity index (χ0v) is 12.3. The van der Waals surface area contributed by atoms with Crippen LogP contribution in [-0.4, -0.2) is 49.6 Å². The Balaban J connectivity index is 1.89. The van der Waals surface area contributed by atoms with Crippen molar-refractivity contribution in [3.05, 3.63) is 29.6 Å². The molecule has 1 aliphatic rings. The van der Waals surface area contributed by atoms with E-state index in [2.05, 4.69) is 22.2 Å². The number of esters is 1. The standard InChI is InChI=1S/C15H23N3O2/c1-18(10-12-6-8-16-9-7-12)11-13-4-3-5-14(17-13)15(19)20-2/h3-5,12,16H,6-11H2,1-2H3. The molecule has 2 rings (SSSR count). The lowest BCUT2D eigenvalue weighted by Crippen LogP contribution is -2.34. The number of methoxy groups -OCH3 is 1. The Kier molecular flexibility index (Phi) is 5.49. The molecule has 1 aromatic heterocycles. The van der Waals surface area contributed by atoms with E-state index >= 15 is 0 Å². The molecule has 1 aliphatic heterocycles. The van der Waals surface area contributed by atoms with Gasteiger partial charge < -0.3 is 15.0 Å². The van der Waals surface area contributed by atoms with Gasteiger partial charge in [-0.25, -0.2) is 9.78 Å². The van der Waals surface area contributed by atoms with E-state index in [0.29, 0.717) is 5.69 Å². The highest BCUT2D eigenvalue weighted by Gasteiger charge is 2.15. The molecule has 1 N–H and O–H groups in total. The molecule has 0 saturated carbocycles. The average molecular weight is 277 g/mol. The molecule has 0 amide bonds. The fraction of sp³-hybridized carbons (Fsp3) is 0.600. The van der Waals surface area contributed by atoms with Crippen LogP contribution in [0.3, 0.4) is 0 Å². The third-order valence-electron chi connectivity index (χ3n) is 3.66. The van der Waals surface area contributed by atoms with Crippen LogP contribution in [0.5, 0.6) is 0 Å². The second-order valence-electron chi connectivity index (χ2n) is 5.40. The predicted molar refractivity (Wildman–Crippen MR) is 77.5 cm³/mol. The molecule has 2 heterocycles. The minimum Gasteiger partial charge on any atom is -0.464 e. The highest BCUT2D eigenvalue weighted by atomic mass is 16.5. The van der Waals surface area contributed by atoms with Gasteiger partial charge in [-0.3, -0.25) is 0 Å². The Morgan fingerprint density at radius 3 is 2.90 bits per heavy atom. The number of nitrogens with one attached hydrogen (secondary N) is 1. The minimum atomic E-state index is -0.382. The van der Waals surface area contributed by atoms with Crippen LogP contribution in [-0.2, 0) is 11.3 Å². The maximum Gasteiger partial charge on any atom is 0.356 e. The van der Waals surface area contributed by atoms with Crippen LogP contribution in [0.1, 0.15) is 29.0 Å². The maximum absolute atomic E-state index is 11.5. The van der Waals surface area contributed by atoms with E-state index in [1.54, 1.807) is 6.07 Å². The first-order valence-corrected chi connectivity index (χ1v) is 7.12. The van der Waals surface area contributed by atoms with Crippen LogP contribution < -0.4 is 5.32 Å². The molecule has 0 unspecified atom stereocenters. The van der Waals surface area contributed by atoms with Crippen molar-refractivity contribution < 1.29 is 9.53 Å². The lowest BCUT2D eigenvalue weighted by atomic mass is 9.98. The van der Waals surface area contributed by atoms with Gasteiger partial charge in [0.25, 0.3) is 0 Å². The van der Waals surface area contributed by atoms with Crippen molar-refractivity contribution in [3.63, 3.8) is 0 Å². The largest absolute Gasteiger partial charge is 0.464 e. The van der Waals surface area contributed by atoms with Gasteiger partial charge in [-0.1, -0.05) is 6.07 Å². The third kappa shape index (κ3) is 4.28. The van der Waals surface area contributed by atoms with Crippen molar-refractivity contribution in [1.82, 2.24) is 15.2 Å². The zero-order chi connectivity index (χ0) is 14.4. The van der Waals surface area contributed by atoms with Gasteiger partial charge in [0.05, 0.1) is 12.8 Å². The van der Waals surface area contributed by atoms with Crippen LogP contribution in [0.4, 0.5) is 0 Å². The van der Waals surface area contributed by atoms with Gasteiger partial charge in [-0.05, 0) is 51.0 Å². The summed E-state index contributed by atoms with van der Waals surface area (Å²) in [5, 5.41) is 3.38. The second kappa shape index (κ2) is 7.36. The van der Waals surface area contributed by atoms with Gasteiger partial charge in [0.2, 0.25) is 0 Å². The normalized spacial score (nSPS) is 16.4. The fourth-order valence-electron chi connectivity index (χ4n) is 2.63. The minimum absolute atomic E-state index is 0.375. The molecule has 0 aliphatic carbocycles. The molecule has 20 heavy (non-hydrogen) atoms. The molecule has 1 saturated heterocycles. The van der Waals surface area contributed by atoms with Crippen LogP contribution in [0.2, 0.25) is 0 Å². The molecule has 110 valence electrons. The van der Waals surface area contributed by atoms with Gasteiger partial charge >= 0.3 is 5.97 Å². The molecule has 0 radical (unpaired) electrons. The molecular weight excluding hydrogens is 254 g/mol. The summed E-state index contributed by atoms with van der Waals surface area (Å²) in [6.45, 7) is 4.07. The number of ether oxygens (including phenoxy) is 1. The number of nitrogens with zero attached hydrogens (tertiary/aromatic N) is 2. The molecule has 1 fully saturated rings. The topological polar surface area (TPSA) is 54.5 Å². The summed E-state index contributed by atoms with van der Waals surface area (Å²) in [7, 11) is 3.48. The van der Waals surface area contributed by atoms with Crippen LogP contribution in [0, 0.1) is 5.92 Å². The number of carbonyl (C=O) groups is 1. The van der Waals surface area contributed by atoms with E-state index in [9.17, 15) is 4.79 Å². The smallest absolute Gasteiger partial charge is 0.356 e. The highest BCUT2D eigenvalue weighted by molar-refractivity contribution is 5.87. The lowest BCUT2D eigenvalue weighted by molar-refractivity contribution is 0.0593. The van der Waals surface area contributed by atoms with E-state index in [-0.39, 0.29) is 5.97 Å². The first kappa shape index (κ1) is 14.9. The summed E-state index contributed by atoms with van der Waals surface area (Å²) >= 11 is 0. The molecule has 0 bridgehead atoms. The zero-order valence-electron chi connectivity index (χ0n) is 12.3. The number of pyridine rings is 1. The first-order chi connectivity index (χ1) is 9.69. The quantitative estimate of drug-likeness (QED) is 0.822. The summed E-state index contributed by atoms with van der Waals surface area (Å²) in [5.74, 6) is 0.373. The molecule has 5 heteroatoms. The molecular formula is C15H23N3O2. The Morgan fingerprint density at radius 2 is 2.20 bits per heavy atom. The third-order valence-corrected chi connectivity index (χ3v) is 3.66. The van der Waals surface area contributed by atoms with Crippen LogP contribution in [0.15, 0.2) is 18.2 Å². The van der Waals surface area contributed by atoms with E-state index in [4.69, 9.17) is 4.74 Å². The fourth-order valence-corrected chi connectivity index (χ4v) is 2.63. The van der Waals surface area contributed by atoms with Gasteiger partial charge in [0.15, 0.2) is 0 Å². The number of piperidine rings is 1. The molecule has 0 atom stereocenters. The summed E-state index contributed by atoms with van der Waals surface area (Å²) in [4.78, 5) is 18.1. The number of hydrogen-bond donors (Lipinski definition) is 1. The monoisotopic (exact) mass is 277 g/mol. The van der Waals surface area contributed by atoms with Crippen LogP contribution >= 0.6 is 0 Å². The summed E-state index contributed by atoms with van der Waals surface area (Å²) < 4.78 is 4.70. The molecule has 0 aromatic carbocycles. The summed E-state index contributed by atoms with van der Waals surface area (Å²) in [5.41, 5.74) is 1.28. The number of hydrogen-bond acceptors (Lipinski definition) is 5. The van der Waals surface area contributed by atoms with Crippen LogP contribution in [0.25, 0.3) is 0 Å². The van der Waals surface area contributed by atoms with Crippen molar-refractivity contribution in [1.29, 1.82) is 0 Å². The van der Waals surface area contributed by atoms with Crippen molar-refractivity contribution in [2.24, 2.45) is 5.92 Å². The van der Waals surface area contributed by atoms with Crippen molar-refractivity contribution in [3.8, 4) is 0 Å². The SMILES string of the molecule is COC(=O)c1cccc(CN(C)CC2CCNCC2)n1. The van der Waals surface area contributed by atoms with Gasteiger partial charge in [0, 0.05) is 13.1 Å². The van der Waals surface area contributed by atoms with Gasteiger partial charge in [0.1, 0.15) is 5.69 Å². The average Bonchev–Trinajstić information content (AvgIpc) is 2.47. The second-order valence-corrected chi connectivity index (χ2v) is 5.40. The van der Waals surface area contributed by atoms with E-state index in [0.717, 1.165) is 37.8 Å². The number of aromatic nitrogens is 1. The van der Waals surface area contributed by atoms with E-state index < -0.39 is 0 Å². The first-order valence-electron chi connectivity index (χ1n) is 7.12. The predicted octanol–water partition coefficient (Wildman–Crippen LogP) is 1.30. The Labute approximate surface area is 120 Å². The van der Waals surface area contributed by atoms with E-state index in [1.807, 2.05) is 12.1 Å². The summed E-state index contributed by atoms with van der Waals surface area (Å²) in [6, 6.07) is 5.49. The number of carbonyl (C=O) groups excluding carboxylic acids is 1. The Hall–Kier alpha value is -1.46. The lowest BCUT2D eigenvalue weighted by Gasteiger charge is -2.27. The van der Waals surface area contributed by atoms with Crippen molar-refractivity contribution >= 4 is 5.97 Å². The maximum atomic E-state index is 11.5. The van der Waals surface area contributed by atoms with Gasteiger partial charge in [-0.2, -0.15) is 0 Å². The Bertz CT molecular complexity index is 444. The molecule has 1 aromatic rings. The van der Waals surface area contributed by atoms with Crippen molar-refractivity contribution in [2.45, 2.75) is 19.4 Å². The number of rotatable bonds is 5. The molecule has 5 nitrogen and oxygen atoms in total.